The normalized spacial score (nSPS) is 12.9. The molecule has 2 aromatic rings. The Labute approximate surface area is 134 Å². The van der Waals surface area contributed by atoms with Crippen LogP contribution in [0.5, 0.6) is 5.75 Å². The molecule has 0 N–H and O–H groups in total. The number of fused-ring (bicyclic) bond motifs is 1. The average molecular weight is 372 g/mol. The first-order valence-electron chi connectivity index (χ1n) is 6.00. The Morgan fingerprint density at radius 3 is 2.60 bits per heavy atom. The number of ether oxygens (including phenoxy) is 1. The summed E-state index contributed by atoms with van der Waals surface area (Å²) >= 11 is 15.4. The van der Waals surface area contributed by atoms with E-state index in [-0.39, 0.29) is 5.78 Å². The van der Waals surface area contributed by atoms with Crippen LogP contribution in [0.4, 0.5) is 0 Å². The predicted molar refractivity (Wildman–Crippen MR) is 83.2 cm³/mol. The van der Waals surface area contributed by atoms with Gasteiger partial charge in [0.15, 0.2) is 5.78 Å². The first kappa shape index (κ1) is 13.9. The lowest BCUT2D eigenvalue weighted by Crippen LogP contribution is -2.04. The zero-order chi connectivity index (χ0) is 14.3. The molecule has 0 saturated carbocycles. The average Bonchev–Trinajstić information content (AvgIpc) is 2.83. The molecule has 1 aliphatic rings. The summed E-state index contributed by atoms with van der Waals surface area (Å²) in [5.41, 5.74) is 1.96. The molecule has 2 nitrogen and oxygen atoms in total. The van der Waals surface area contributed by atoms with Crippen molar-refractivity contribution in [1.29, 1.82) is 0 Å². The Balaban J connectivity index is 2.11. The second-order valence-corrected chi connectivity index (χ2v) is 6.32. The van der Waals surface area contributed by atoms with E-state index in [1.807, 2.05) is 6.07 Å². The third-order valence-corrected chi connectivity index (χ3v) is 4.01. The van der Waals surface area contributed by atoms with Crippen LogP contribution < -0.4 is 4.74 Å². The lowest BCUT2D eigenvalue weighted by atomic mass is 10.00. The van der Waals surface area contributed by atoms with Crippen LogP contribution in [0, 0.1) is 0 Å². The van der Waals surface area contributed by atoms with E-state index in [1.54, 1.807) is 24.3 Å². The first-order valence-corrected chi connectivity index (χ1v) is 7.55. The van der Waals surface area contributed by atoms with E-state index >= 15 is 0 Å². The Kier molecular flexibility index (Phi) is 3.76. The molecule has 1 aliphatic heterocycles. The first-order chi connectivity index (χ1) is 9.54. The second kappa shape index (κ2) is 5.40. The highest BCUT2D eigenvalue weighted by atomic mass is 79.9. The van der Waals surface area contributed by atoms with E-state index in [0.29, 0.717) is 33.5 Å². The minimum absolute atomic E-state index is 0.145. The van der Waals surface area contributed by atoms with Gasteiger partial charge in [0, 0.05) is 26.5 Å². The van der Waals surface area contributed by atoms with Gasteiger partial charge in [0.05, 0.1) is 12.2 Å². The molecule has 0 bridgehead atoms. The summed E-state index contributed by atoms with van der Waals surface area (Å²) in [4.78, 5) is 12.6. The van der Waals surface area contributed by atoms with Crippen molar-refractivity contribution in [3.63, 3.8) is 0 Å². The van der Waals surface area contributed by atoms with Crippen molar-refractivity contribution in [3.8, 4) is 5.75 Å². The molecule has 0 amide bonds. The Hall–Kier alpha value is -1.03. The number of ketones is 1. The molecule has 0 atom stereocenters. The van der Waals surface area contributed by atoms with Crippen molar-refractivity contribution in [2.45, 2.75) is 6.42 Å². The highest BCUT2D eigenvalue weighted by molar-refractivity contribution is 9.10. The number of hydrogen-bond donors (Lipinski definition) is 0. The molecule has 0 spiro atoms. The summed E-state index contributed by atoms with van der Waals surface area (Å²) in [6.45, 7) is 0.579. The number of rotatable bonds is 2. The van der Waals surface area contributed by atoms with E-state index in [4.69, 9.17) is 27.9 Å². The number of carbonyl (C=O) groups excluding carboxylic acids is 1. The zero-order valence-electron chi connectivity index (χ0n) is 10.3. The van der Waals surface area contributed by atoms with Crippen molar-refractivity contribution in [2.24, 2.45) is 0 Å². The lowest BCUT2D eigenvalue weighted by Gasteiger charge is -2.09. The molecule has 0 aliphatic carbocycles. The van der Waals surface area contributed by atoms with E-state index in [1.165, 1.54) is 0 Å². The van der Waals surface area contributed by atoms with Crippen molar-refractivity contribution in [3.05, 3.63) is 61.5 Å². The van der Waals surface area contributed by atoms with Crippen molar-refractivity contribution in [2.75, 3.05) is 6.61 Å². The number of hydrogen-bond acceptors (Lipinski definition) is 2. The SMILES string of the molecule is O=C(c1cc(Cl)cc(Br)c1)c1cc(Cl)cc2c1OCC2. The molecule has 0 fully saturated rings. The van der Waals surface area contributed by atoms with Gasteiger partial charge in [-0.2, -0.15) is 0 Å². The summed E-state index contributed by atoms with van der Waals surface area (Å²) in [6.07, 6.45) is 0.773. The maximum Gasteiger partial charge on any atom is 0.196 e. The molecule has 102 valence electrons. The largest absolute Gasteiger partial charge is 0.492 e. The number of carbonyl (C=O) groups is 1. The van der Waals surface area contributed by atoms with E-state index in [2.05, 4.69) is 15.9 Å². The molecule has 3 rings (SSSR count). The summed E-state index contributed by atoms with van der Waals surface area (Å²) < 4.78 is 6.32. The van der Waals surface area contributed by atoms with Gasteiger partial charge >= 0.3 is 0 Å². The van der Waals surface area contributed by atoms with Crippen LogP contribution in [0.2, 0.25) is 10.0 Å². The molecular weight excluding hydrogens is 363 g/mol. The van der Waals surface area contributed by atoms with Gasteiger partial charge in [0.2, 0.25) is 0 Å². The fourth-order valence-corrected chi connectivity index (χ4v) is 3.38. The Bertz CT molecular complexity index is 693. The standard InChI is InChI=1S/C15H9BrCl2O2/c16-10-3-9(5-11(17)6-10)14(19)13-7-12(18)4-8-1-2-20-15(8)13/h3-7H,1-2H2. The van der Waals surface area contributed by atoms with Gasteiger partial charge in [0.25, 0.3) is 0 Å². The molecule has 0 saturated heterocycles. The summed E-state index contributed by atoms with van der Waals surface area (Å²) in [7, 11) is 0. The number of halogens is 3. The Morgan fingerprint density at radius 1 is 1.10 bits per heavy atom. The van der Waals surface area contributed by atoms with Crippen molar-refractivity contribution >= 4 is 44.9 Å². The highest BCUT2D eigenvalue weighted by Gasteiger charge is 2.23. The topological polar surface area (TPSA) is 26.3 Å². The molecule has 1 heterocycles. The van der Waals surface area contributed by atoms with E-state index in [9.17, 15) is 4.79 Å². The smallest absolute Gasteiger partial charge is 0.196 e. The third-order valence-electron chi connectivity index (χ3n) is 3.12. The van der Waals surface area contributed by atoms with Gasteiger partial charge in [-0.15, -0.1) is 0 Å². The molecule has 5 heteroatoms. The van der Waals surface area contributed by atoms with Crippen LogP contribution in [-0.4, -0.2) is 12.4 Å². The third kappa shape index (κ3) is 2.58. The molecule has 0 aromatic heterocycles. The van der Waals surface area contributed by atoms with Crippen LogP contribution in [0.25, 0.3) is 0 Å². The van der Waals surface area contributed by atoms with Crippen LogP contribution in [0.15, 0.2) is 34.8 Å². The zero-order valence-corrected chi connectivity index (χ0v) is 13.3. The van der Waals surface area contributed by atoms with Gasteiger partial charge in [-0.1, -0.05) is 39.1 Å². The summed E-state index contributed by atoms with van der Waals surface area (Å²) in [5, 5.41) is 1.04. The minimum Gasteiger partial charge on any atom is -0.492 e. The maximum atomic E-state index is 12.6. The van der Waals surface area contributed by atoms with Crippen LogP contribution in [0.1, 0.15) is 21.5 Å². The van der Waals surface area contributed by atoms with Gasteiger partial charge in [0.1, 0.15) is 5.75 Å². The Morgan fingerprint density at radius 2 is 1.85 bits per heavy atom. The van der Waals surface area contributed by atoms with Crippen LogP contribution in [-0.2, 0) is 6.42 Å². The predicted octanol–water partition coefficient (Wildman–Crippen LogP) is 4.92. The maximum absolute atomic E-state index is 12.6. The van der Waals surface area contributed by atoms with Gasteiger partial charge in [-0.3, -0.25) is 4.79 Å². The van der Waals surface area contributed by atoms with Crippen LogP contribution in [0.3, 0.4) is 0 Å². The van der Waals surface area contributed by atoms with E-state index < -0.39 is 0 Å². The summed E-state index contributed by atoms with van der Waals surface area (Å²) in [5.74, 6) is 0.490. The van der Waals surface area contributed by atoms with Gasteiger partial charge in [-0.25, -0.2) is 0 Å². The van der Waals surface area contributed by atoms with Gasteiger partial charge in [-0.05, 0) is 35.9 Å². The fourth-order valence-electron chi connectivity index (χ4n) is 2.28. The van der Waals surface area contributed by atoms with Crippen molar-refractivity contribution < 1.29 is 9.53 Å². The molecule has 0 unspecified atom stereocenters. The quantitative estimate of drug-likeness (QED) is 0.700. The minimum atomic E-state index is -0.145. The molecule has 20 heavy (non-hydrogen) atoms. The number of benzene rings is 2. The summed E-state index contributed by atoms with van der Waals surface area (Å²) in [6, 6.07) is 8.59. The lowest BCUT2D eigenvalue weighted by molar-refractivity contribution is 0.103. The molecule has 0 radical (unpaired) electrons. The fraction of sp³-hybridized carbons (Fsp3) is 0.133. The van der Waals surface area contributed by atoms with Crippen molar-refractivity contribution in [1.82, 2.24) is 0 Å². The second-order valence-electron chi connectivity index (χ2n) is 4.53. The highest BCUT2D eigenvalue weighted by Crippen LogP contribution is 2.34. The van der Waals surface area contributed by atoms with Crippen LogP contribution >= 0.6 is 39.1 Å². The van der Waals surface area contributed by atoms with E-state index in [0.717, 1.165) is 16.5 Å². The molecule has 2 aromatic carbocycles. The molecular formula is C15H9BrCl2O2. The monoisotopic (exact) mass is 370 g/mol. The van der Waals surface area contributed by atoms with Gasteiger partial charge < -0.3 is 4.74 Å².